The van der Waals surface area contributed by atoms with Gasteiger partial charge in [-0.05, 0) is 36.6 Å². The van der Waals surface area contributed by atoms with Crippen molar-refractivity contribution in [2.75, 3.05) is 18.5 Å². The molecule has 0 spiro atoms. The fraction of sp³-hybridized carbons (Fsp3) is 0.300. The van der Waals surface area contributed by atoms with Gasteiger partial charge in [0.15, 0.2) is 0 Å². The molecule has 0 aliphatic carbocycles. The van der Waals surface area contributed by atoms with E-state index in [0.717, 1.165) is 24.2 Å². The molecule has 0 radical (unpaired) electrons. The summed E-state index contributed by atoms with van der Waals surface area (Å²) in [6.45, 7) is 3.11. The lowest BCUT2D eigenvalue weighted by molar-refractivity contribution is -0.122. The van der Waals surface area contributed by atoms with E-state index in [4.69, 9.17) is 0 Å². The Kier molecular flexibility index (Phi) is 5.03. The van der Waals surface area contributed by atoms with Gasteiger partial charge in [-0.15, -0.1) is 0 Å². The van der Waals surface area contributed by atoms with Gasteiger partial charge in [0.05, 0.1) is 0 Å². The molecule has 0 fully saturated rings. The average molecular weight is 337 g/mol. The maximum atomic E-state index is 12.4. The van der Waals surface area contributed by atoms with Crippen molar-refractivity contribution in [2.45, 2.75) is 25.9 Å². The first-order valence-corrected chi connectivity index (χ1v) is 8.51. The van der Waals surface area contributed by atoms with Gasteiger partial charge in [0.1, 0.15) is 6.04 Å². The summed E-state index contributed by atoms with van der Waals surface area (Å²) >= 11 is 0. The molecule has 1 aliphatic heterocycles. The first kappa shape index (κ1) is 17.0. The minimum absolute atomic E-state index is 0.199. The van der Waals surface area contributed by atoms with Crippen molar-refractivity contribution in [1.82, 2.24) is 10.6 Å². The highest BCUT2D eigenvalue weighted by Crippen LogP contribution is 2.27. The molecule has 2 amide bonds. The van der Waals surface area contributed by atoms with Gasteiger partial charge in [0.2, 0.25) is 5.91 Å². The zero-order valence-electron chi connectivity index (χ0n) is 14.6. The molecule has 25 heavy (non-hydrogen) atoms. The molecule has 3 rings (SSSR count). The monoisotopic (exact) mass is 337 g/mol. The number of carbonyl (C=O) groups is 2. The van der Waals surface area contributed by atoms with E-state index in [2.05, 4.69) is 15.5 Å². The predicted octanol–water partition coefficient (Wildman–Crippen LogP) is 2.11. The predicted molar refractivity (Wildman–Crippen MR) is 98.6 cm³/mol. The van der Waals surface area contributed by atoms with Crippen LogP contribution in [0.5, 0.6) is 0 Å². The van der Waals surface area contributed by atoms with Crippen LogP contribution in [-0.4, -0.2) is 31.4 Å². The van der Waals surface area contributed by atoms with Crippen LogP contribution in [0.2, 0.25) is 0 Å². The van der Waals surface area contributed by atoms with Crippen LogP contribution >= 0.6 is 0 Å². The average Bonchev–Trinajstić information content (AvgIpc) is 3.01. The molecule has 130 valence electrons. The lowest BCUT2D eigenvalue weighted by Crippen LogP contribution is -2.44. The van der Waals surface area contributed by atoms with Crippen LogP contribution in [0.25, 0.3) is 0 Å². The largest absolute Gasteiger partial charge is 0.374 e. The number of benzene rings is 2. The summed E-state index contributed by atoms with van der Waals surface area (Å²) in [4.78, 5) is 26.8. The Labute approximate surface area is 148 Å². The second-order valence-electron chi connectivity index (χ2n) is 6.41. The number of hydrogen-bond donors (Lipinski definition) is 2. The van der Waals surface area contributed by atoms with Crippen LogP contribution in [0, 0.1) is 0 Å². The first-order valence-electron chi connectivity index (χ1n) is 8.51. The van der Waals surface area contributed by atoms with Crippen LogP contribution in [0.4, 0.5) is 5.69 Å². The van der Waals surface area contributed by atoms with Crippen molar-refractivity contribution >= 4 is 17.5 Å². The molecule has 5 heteroatoms. The van der Waals surface area contributed by atoms with Crippen LogP contribution in [0.1, 0.15) is 28.4 Å². The Morgan fingerprint density at radius 3 is 2.68 bits per heavy atom. The van der Waals surface area contributed by atoms with Gasteiger partial charge in [-0.1, -0.05) is 36.4 Å². The molecule has 1 aliphatic rings. The topological polar surface area (TPSA) is 61.4 Å². The SMILES string of the molecule is C[C@H](NC(=O)c1ccc2c(c1)N(C)CC2)C(=O)NCc1ccccc1. The molecular formula is C20H23N3O2. The van der Waals surface area contributed by atoms with Crippen LogP contribution < -0.4 is 15.5 Å². The first-order chi connectivity index (χ1) is 12.0. The molecular weight excluding hydrogens is 314 g/mol. The molecule has 0 unspecified atom stereocenters. The number of amides is 2. The summed E-state index contributed by atoms with van der Waals surface area (Å²) in [6, 6.07) is 14.8. The highest BCUT2D eigenvalue weighted by Gasteiger charge is 2.20. The molecule has 2 aromatic rings. The molecule has 0 saturated heterocycles. The van der Waals surface area contributed by atoms with Crippen molar-refractivity contribution in [2.24, 2.45) is 0 Å². The normalized spacial score (nSPS) is 13.9. The van der Waals surface area contributed by atoms with Crippen molar-refractivity contribution in [3.8, 4) is 0 Å². The molecule has 1 atom stereocenters. The van der Waals surface area contributed by atoms with Crippen molar-refractivity contribution < 1.29 is 9.59 Å². The molecule has 2 N–H and O–H groups in total. The van der Waals surface area contributed by atoms with Crippen molar-refractivity contribution in [3.63, 3.8) is 0 Å². The summed E-state index contributed by atoms with van der Waals surface area (Å²) in [5.74, 6) is -0.430. The van der Waals surface area contributed by atoms with Gasteiger partial charge in [-0.2, -0.15) is 0 Å². The third kappa shape index (κ3) is 3.99. The van der Waals surface area contributed by atoms with Gasteiger partial charge in [0.25, 0.3) is 5.91 Å². The summed E-state index contributed by atoms with van der Waals surface area (Å²) in [6.07, 6.45) is 1.01. The van der Waals surface area contributed by atoms with E-state index in [1.807, 2.05) is 55.6 Å². The van der Waals surface area contributed by atoms with Crippen LogP contribution in [0.3, 0.4) is 0 Å². The maximum Gasteiger partial charge on any atom is 0.251 e. The summed E-state index contributed by atoms with van der Waals surface area (Å²) in [5.41, 5.74) is 3.95. The Morgan fingerprint density at radius 2 is 1.92 bits per heavy atom. The van der Waals surface area contributed by atoms with E-state index in [1.165, 1.54) is 5.56 Å². The van der Waals surface area contributed by atoms with Gasteiger partial charge in [-0.3, -0.25) is 9.59 Å². The van der Waals surface area contributed by atoms with E-state index >= 15 is 0 Å². The zero-order chi connectivity index (χ0) is 17.8. The standard InChI is InChI=1S/C20H23N3O2/c1-14(19(24)21-13-15-6-4-3-5-7-15)22-20(25)17-9-8-16-10-11-23(2)18(16)12-17/h3-9,12,14H,10-11,13H2,1-2H3,(H,21,24)(H,22,25)/t14-/m0/s1. The smallest absolute Gasteiger partial charge is 0.251 e. The van der Waals surface area contributed by atoms with Crippen molar-refractivity contribution in [1.29, 1.82) is 0 Å². The number of fused-ring (bicyclic) bond motifs is 1. The highest BCUT2D eigenvalue weighted by molar-refractivity contribution is 5.98. The van der Waals surface area contributed by atoms with E-state index in [9.17, 15) is 9.59 Å². The Hall–Kier alpha value is -2.82. The Bertz CT molecular complexity index is 774. The maximum absolute atomic E-state index is 12.4. The lowest BCUT2D eigenvalue weighted by Gasteiger charge is -2.16. The molecule has 2 aromatic carbocycles. The van der Waals surface area contributed by atoms with E-state index in [1.54, 1.807) is 6.92 Å². The molecule has 0 saturated carbocycles. The fourth-order valence-corrected chi connectivity index (χ4v) is 2.96. The fourth-order valence-electron chi connectivity index (χ4n) is 2.96. The minimum Gasteiger partial charge on any atom is -0.374 e. The number of anilines is 1. The summed E-state index contributed by atoms with van der Waals surface area (Å²) in [5, 5.41) is 5.61. The number of nitrogens with zero attached hydrogens (tertiary/aromatic N) is 1. The Morgan fingerprint density at radius 1 is 1.16 bits per heavy atom. The second kappa shape index (κ2) is 7.38. The summed E-state index contributed by atoms with van der Waals surface area (Å²) in [7, 11) is 2.02. The number of rotatable bonds is 5. The number of likely N-dealkylation sites (N-methyl/N-ethyl adjacent to an activating group) is 1. The quantitative estimate of drug-likeness (QED) is 0.878. The van der Waals surface area contributed by atoms with Gasteiger partial charge >= 0.3 is 0 Å². The van der Waals surface area contributed by atoms with Gasteiger partial charge < -0.3 is 15.5 Å². The summed E-state index contributed by atoms with van der Waals surface area (Å²) < 4.78 is 0. The molecule has 0 bridgehead atoms. The van der Waals surface area contributed by atoms with Gasteiger partial charge in [0, 0.05) is 31.4 Å². The number of carbonyl (C=O) groups excluding carboxylic acids is 2. The van der Waals surface area contributed by atoms with Gasteiger partial charge in [-0.25, -0.2) is 0 Å². The third-order valence-electron chi connectivity index (χ3n) is 4.53. The Balaban J connectivity index is 1.57. The third-order valence-corrected chi connectivity index (χ3v) is 4.53. The van der Waals surface area contributed by atoms with E-state index in [-0.39, 0.29) is 11.8 Å². The molecule has 1 heterocycles. The second-order valence-corrected chi connectivity index (χ2v) is 6.41. The van der Waals surface area contributed by atoms with E-state index < -0.39 is 6.04 Å². The van der Waals surface area contributed by atoms with Crippen LogP contribution in [0.15, 0.2) is 48.5 Å². The molecule has 0 aromatic heterocycles. The lowest BCUT2D eigenvalue weighted by atomic mass is 10.1. The van der Waals surface area contributed by atoms with Crippen LogP contribution in [-0.2, 0) is 17.8 Å². The zero-order valence-corrected chi connectivity index (χ0v) is 14.6. The number of nitrogens with one attached hydrogen (secondary N) is 2. The van der Waals surface area contributed by atoms with Crippen molar-refractivity contribution in [3.05, 3.63) is 65.2 Å². The molecule has 5 nitrogen and oxygen atoms in total. The number of hydrogen-bond acceptors (Lipinski definition) is 3. The highest BCUT2D eigenvalue weighted by atomic mass is 16.2. The minimum atomic E-state index is -0.595. The van der Waals surface area contributed by atoms with E-state index in [0.29, 0.717) is 12.1 Å².